The van der Waals surface area contributed by atoms with Gasteiger partial charge in [-0.1, -0.05) is 35.5 Å². The van der Waals surface area contributed by atoms with Crippen molar-refractivity contribution in [1.82, 2.24) is 9.78 Å². The zero-order valence-electron chi connectivity index (χ0n) is 8.55. The van der Waals surface area contributed by atoms with E-state index in [-0.39, 0.29) is 0 Å². The van der Waals surface area contributed by atoms with Gasteiger partial charge in [-0.3, -0.25) is 9.48 Å². The Bertz CT molecular complexity index is 524. The Morgan fingerprint density at radius 3 is 2.94 bits per heavy atom. The first-order chi connectivity index (χ1) is 7.70. The SMILES string of the molecule is Cn1cc(Sc2c(Cl)cccc2C=O)cn1. The largest absolute Gasteiger partial charge is 0.298 e. The van der Waals surface area contributed by atoms with Gasteiger partial charge in [0, 0.05) is 23.7 Å². The van der Waals surface area contributed by atoms with Gasteiger partial charge in [0.15, 0.2) is 6.29 Å². The molecule has 1 aromatic heterocycles. The lowest BCUT2D eigenvalue weighted by Crippen LogP contribution is -1.86. The van der Waals surface area contributed by atoms with Crippen molar-refractivity contribution in [3.63, 3.8) is 0 Å². The number of hydrogen-bond donors (Lipinski definition) is 0. The number of benzene rings is 1. The Labute approximate surface area is 102 Å². The van der Waals surface area contributed by atoms with Crippen molar-refractivity contribution in [2.45, 2.75) is 9.79 Å². The van der Waals surface area contributed by atoms with Gasteiger partial charge in [0.05, 0.1) is 16.1 Å². The highest BCUT2D eigenvalue weighted by Crippen LogP contribution is 2.34. The molecule has 0 bridgehead atoms. The van der Waals surface area contributed by atoms with Crippen LogP contribution in [0.15, 0.2) is 40.4 Å². The molecule has 0 N–H and O–H groups in total. The second kappa shape index (κ2) is 4.72. The first kappa shape index (κ1) is 11.2. The molecule has 0 saturated heterocycles. The minimum absolute atomic E-state index is 0.582. The van der Waals surface area contributed by atoms with Gasteiger partial charge in [-0.2, -0.15) is 5.10 Å². The van der Waals surface area contributed by atoms with Crippen LogP contribution in [0, 0.1) is 0 Å². The van der Waals surface area contributed by atoms with E-state index in [1.807, 2.05) is 13.2 Å². The summed E-state index contributed by atoms with van der Waals surface area (Å²) in [5.41, 5.74) is 0.598. The first-order valence-corrected chi connectivity index (χ1v) is 5.80. The lowest BCUT2D eigenvalue weighted by molar-refractivity contribution is 0.112. The van der Waals surface area contributed by atoms with E-state index in [1.54, 1.807) is 29.1 Å². The third kappa shape index (κ3) is 2.28. The van der Waals surface area contributed by atoms with Gasteiger partial charge in [-0.15, -0.1) is 0 Å². The minimum atomic E-state index is 0.582. The predicted molar refractivity (Wildman–Crippen MR) is 64.2 cm³/mol. The number of carbonyl (C=O) groups is 1. The molecule has 0 aliphatic heterocycles. The third-order valence-electron chi connectivity index (χ3n) is 2.03. The van der Waals surface area contributed by atoms with Crippen molar-refractivity contribution in [2.24, 2.45) is 7.05 Å². The van der Waals surface area contributed by atoms with E-state index in [0.29, 0.717) is 10.6 Å². The lowest BCUT2D eigenvalue weighted by Gasteiger charge is -2.04. The second-order valence-electron chi connectivity index (χ2n) is 3.23. The number of aryl methyl sites for hydroxylation is 1. The van der Waals surface area contributed by atoms with Crippen LogP contribution in [0.2, 0.25) is 5.02 Å². The van der Waals surface area contributed by atoms with E-state index in [2.05, 4.69) is 5.10 Å². The van der Waals surface area contributed by atoms with Crippen LogP contribution < -0.4 is 0 Å². The molecule has 0 aliphatic rings. The van der Waals surface area contributed by atoms with Crippen LogP contribution in [0.1, 0.15) is 10.4 Å². The molecule has 16 heavy (non-hydrogen) atoms. The van der Waals surface area contributed by atoms with Crippen LogP contribution in [0.3, 0.4) is 0 Å². The molecule has 0 saturated carbocycles. The number of carbonyl (C=O) groups excluding carboxylic acids is 1. The fraction of sp³-hybridized carbons (Fsp3) is 0.0909. The molecule has 1 heterocycles. The van der Waals surface area contributed by atoms with E-state index in [0.717, 1.165) is 16.1 Å². The molecule has 0 atom stereocenters. The first-order valence-electron chi connectivity index (χ1n) is 4.61. The van der Waals surface area contributed by atoms with Gasteiger partial charge >= 0.3 is 0 Å². The molecule has 0 amide bonds. The number of aromatic nitrogens is 2. The molecule has 0 spiro atoms. The predicted octanol–water partition coefficient (Wildman–Crippen LogP) is 3.04. The molecule has 3 nitrogen and oxygen atoms in total. The van der Waals surface area contributed by atoms with Gasteiger partial charge in [0.25, 0.3) is 0 Å². The number of nitrogens with zero attached hydrogens (tertiary/aromatic N) is 2. The Hall–Kier alpha value is -1.26. The van der Waals surface area contributed by atoms with Gasteiger partial charge < -0.3 is 0 Å². The van der Waals surface area contributed by atoms with Crippen LogP contribution >= 0.6 is 23.4 Å². The standard InChI is InChI=1S/C11H9ClN2OS/c1-14-6-9(5-13-14)16-11-8(7-15)3-2-4-10(11)12/h2-7H,1H3. The molecular formula is C11H9ClN2OS. The molecule has 82 valence electrons. The molecule has 0 aliphatic carbocycles. The van der Waals surface area contributed by atoms with Gasteiger partial charge in [0.1, 0.15) is 0 Å². The Balaban J connectivity index is 2.37. The number of rotatable bonds is 3. The fourth-order valence-corrected chi connectivity index (χ4v) is 2.53. The van der Waals surface area contributed by atoms with Crippen LogP contribution in [0.4, 0.5) is 0 Å². The highest BCUT2D eigenvalue weighted by molar-refractivity contribution is 7.99. The highest BCUT2D eigenvalue weighted by Gasteiger charge is 2.09. The highest BCUT2D eigenvalue weighted by atomic mass is 35.5. The van der Waals surface area contributed by atoms with E-state index < -0.39 is 0 Å². The number of halogens is 1. The van der Waals surface area contributed by atoms with Crippen molar-refractivity contribution in [3.05, 3.63) is 41.2 Å². The second-order valence-corrected chi connectivity index (χ2v) is 4.72. The van der Waals surface area contributed by atoms with Gasteiger partial charge in [-0.05, 0) is 6.07 Å². The average molecular weight is 253 g/mol. The summed E-state index contributed by atoms with van der Waals surface area (Å²) in [6.07, 6.45) is 4.43. The smallest absolute Gasteiger partial charge is 0.151 e. The minimum Gasteiger partial charge on any atom is -0.298 e. The summed E-state index contributed by atoms with van der Waals surface area (Å²) in [5.74, 6) is 0. The molecule has 0 unspecified atom stereocenters. The van der Waals surface area contributed by atoms with E-state index in [9.17, 15) is 4.79 Å². The maximum absolute atomic E-state index is 10.9. The topological polar surface area (TPSA) is 34.9 Å². The monoisotopic (exact) mass is 252 g/mol. The van der Waals surface area contributed by atoms with Crippen LogP contribution in [-0.4, -0.2) is 16.1 Å². The maximum atomic E-state index is 10.9. The summed E-state index contributed by atoms with van der Waals surface area (Å²) in [7, 11) is 1.84. The van der Waals surface area contributed by atoms with Crippen molar-refractivity contribution >= 4 is 29.6 Å². The average Bonchev–Trinajstić information content (AvgIpc) is 2.67. The van der Waals surface area contributed by atoms with Crippen molar-refractivity contribution in [3.8, 4) is 0 Å². The molecule has 5 heteroatoms. The summed E-state index contributed by atoms with van der Waals surface area (Å²) >= 11 is 7.50. The Morgan fingerprint density at radius 1 is 1.50 bits per heavy atom. The van der Waals surface area contributed by atoms with Crippen LogP contribution in [-0.2, 0) is 7.05 Å². The maximum Gasteiger partial charge on any atom is 0.151 e. The van der Waals surface area contributed by atoms with Gasteiger partial charge in [-0.25, -0.2) is 0 Å². The fourth-order valence-electron chi connectivity index (χ4n) is 1.30. The Morgan fingerprint density at radius 2 is 2.31 bits per heavy atom. The van der Waals surface area contributed by atoms with Gasteiger partial charge in [0.2, 0.25) is 0 Å². The van der Waals surface area contributed by atoms with Crippen LogP contribution in [0.5, 0.6) is 0 Å². The lowest BCUT2D eigenvalue weighted by atomic mass is 10.2. The summed E-state index contributed by atoms with van der Waals surface area (Å²) in [6, 6.07) is 5.28. The number of hydrogen-bond acceptors (Lipinski definition) is 3. The molecule has 2 aromatic rings. The van der Waals surface area contributed by atoms with E-state index in [4.69, 9.17) is 11.6 Å². The van der Waals surface area contributed by atoms with Crippen LogP contribution in [0.25, 0.3) is 0 Å². The summed E-state index contributed by atoms with van der Waals surface area (Å²) in [4.78, 5) is 12.6. The van der Waals surface area contributed by atoms with Crippen molar-refractivity contribution in [1.29, 1.82) is 0 Å². The quantitative estimate of drug-likeness (QED) is 0.788. The zero-order chi connectivity index (χ0) is 11.5. The molecule has 0 radical (unpaired) electrons. The molecule has 0 fully saturated rings. The summed E-state index contributed by atoms with van der Waals surface area (Å²) in [6.45, 7) is 0. The summed E-state index contributed by atoms with van der Waals surface area (Å²) in [5, 5.41) is 4.64. The van der Waals surface area contributed by atoms with E-state index >= 15 is 0 Å². The zero-order valence-corrected chi connectivity index (χ0v) is 10.1. The summed E-state index contributed by atoms with van der Waals surface area (Å²) < 4.78 is 1.71. The molecule has 2 rings (SSSR count). The molecule has 1 aromatic carbocycles. The van der Waals surface area contributed by atoms with Crippen molar-refractivity contribution in [2.75, 3.05) is 0 Å². The molecular weight excluding hydrogens is 244 g/mol. The van der Waals surface area contributed by atoms with Crippen molar-refractivity contribution < 1.29 is 4.79 Å². The Kier molecular flexibility index (Phi) is 3.31. The number of aldehydes is 1. The van der Waals surface area contributed by atoms with E-state index in [1.165, 1.54) is 11.8 Å². The normalized spacial score (nSPS) is 10.4. The third-order valence-corrected chi connectivity index (χ3v) is 3.56.